The molecule has 7 heteroatoms. The number of ether oxygens (including phenoxy) is 1. The number of alkyl carbamates (subject to hydrolysis) is 1. The summed E-state index contributed by atoms with van der Waals surface area (Å²) in [5.41, 5.74) is 5.86. The third-order valence-electron chi connectivity index (χ3n) is 2.82. The van der Waals surface area contributed by atoms with Gasteiger partial charge in [0.2, 0.25) is 0 Å². The van der Waals surface area contributed by atoms with Crippen molar-refractivity contribution in [3.63, 3.8) is 0 Å². The van der Waals surface area contributed by atoms with Gasteiger partial charge < -0.3 is 26.0 Å². The molecule has 0 saturated heterocycles. The lowest BCUT2D eigenvalue weighted by Crippen LogP contribution is -2.34. The van der Waals surface area contributed by atoms with Crippen LogP contribution in [0.3, 0.4) is 0 Å². The number of hydrogen-bond donors (Lipinski definition) is 4. The van der Waals surface area contributed by atoms with Crippen molar-refractivity contribution in [2.45, 2.75) is 45.0 Å². The van der Waals surface area contributed by atoms with Crippen LogP contribution in [0.5, 0.6) is 0 Å². The summed E-state index contributed by atoms with van der Waals surface area (Å²) in [5.74, 6) is 0. The summed E-state index contributed by atoms with van der Waals surface area (Å²) < 4.78 is 5.07. The molecule has 5 N–H and O–H groups in total. The van der Waals surface area contributed by atoms with Gasteiger partial charge in [-0.05, 0) is 39.3 Å². The lowest BCUT2D eigenvalue weighted by atomic mass is 10.0. The zero-order valence-electron chi connectivity index (χ0n) is 13.0. The van der Waals surface area contributed by atoms with E-state index in [1.165, 1.54) is 6.07 Å². The third-order valence-corrected chi connectivity index (χ3v) is 3.14. The number of nitrogen functional groups attached to an aromatic ring is 1. The summed E-state index contributed by atoms with van der Waals surface area (Å²) in [5, 5.41) is 22.9. The van der Waals surface area contributed by atoms with E-state index in [1.807, 2.05) is 0 Å². The second kappa shape index (κ2) is 7.67. The van der Waals surface area contributed by atoms with Gasteiger partial charge in [0.05, 0.1) is 6.10 Å². The first-order valence-corrected chi connectivity index (χ1v) is 7.36. The average Bonchev–Trinajstić information content (AvgIpc) is 2.35. The standard InChI is InChI=1S/C15H23ClN2O4/c1-15(2,3)22-14(21)18-7-6-12(19)13(20)10-5-4-9(17)8-11(10)16/h4-5,8,12-13,19-20H,6-7,17H2,1-3H3,(H,18,21). The van der Waals surface area contributed by atoms with Gasteiger partial charge in [-0.15, -0.1) is 0 Å². The number of hydrogen-bond acceptors (Lipinski definition) is 5. The first-order chi connectivity index (χ1) is 10.1. The molecule has 0 saturated carbocycles. The number of benzene rings is 1. The van der Waals surface area contributed by atoms with E-state index >= 15 is 0 Å². The number of anilines is 1. The zero-order valence-corrected chi connectivity index (χ0v) is 13.7. The Morgan fingerprint density at radius 3 is 2.59 bits per heavy atom. The van der Waals surface area contributed by atoms with Crippen molar-refractivity contribution >= 4 is 23.4 Å². The number of halogens is 1. The molecule has 0 aliphatic rings. The van der Waals surface area contributed by atoms with Gasteiger partial charge in [0, 0.05) is 22.8 Å². The summed E-state index contributed by atoms with van der Waals surface area (Å²) in [6, 6.07) is 4.66. The molecular weight excluding hydrogens is 308 g/mol. The van der Waals surface area contributed by atoms with Crippen LogP contribution in [0.25, 0.3) is 0 Å². The van der Waals surface area contributed by atoms with Crippen molar-refractivity contribution < 1.29 is 19.7 Å². The monoisotopic (exact) mass is 330 g/mol. The Kier molecular flexibility index (Phi) is 6.47. The number of nitrogens with one attached hydrogen (secondary N) is 1. The molecular formula is C15H23ClN2O4. The number of carbonyl (C=O) groups is 1. The van der Waals surface area contributed by atoms with Crippen LogP contribution in [0.2, 0.25) is 5.02 Å². The second-order valence-corrected chi connectivity index (χ2v) is 6.42. The van der Waals surface area contributed by atoms with E-state index < -0.39 is 23.9 Å². The fraction of sp³-hybridized carbons (Fsp3) is 0.533. The summed E-state index contributed by atoms with van der Waals surface area (Å²) >= 11 is 5.98. The highest BCUT2D eigenvalue weighted by atomic mass is 35.5. The van der Waals surface area contributed by atoms with Crippen LogP contribution in [-0.2, 0) is 4.74 Å². The van der Waals surface area contributed by atoms with Gasteiger partial charge in [-0.3, -0.25) is 0 Å². The number of aliphatic hydroxyl groups is 2. The van der Waals surface area contributed by atoms with Crippen molar-refractivity contribution in [2.75, 3.05) is 12.3 Å². The van der Waals surface area contributed by atoms with E-state index in [1.54, 1.807) is 32.9 Å². The van der Waals surface area contributed by atoms with E-state index in [9.17, 15) is 15.0 Å². The minimum Gasteiger partial charge on any atom is -0.444 e. The molecule has 0 heterocycles. The van der Waals surface area contributed by atoms with Gasteiger partial charge in [0.25, 0.3) is 0 Å². The molecule has 1 amide bonds. The first-order valence-electron chi connectivity index (χ1n) is 6.98. The summed E-state index contributed by atoms with van der Waals surface area (Å²) in [6.45, 7) is 5.44. The maximum atomic E-state index is 11.5. The van der Waals surface area contributed by atoms with Crippen molar-refractivity contribution in [2.24, 2.45) is 0 Å². The number of rotatable bonds is 5. The van der Waals surface area contributed by atoms with Crippen LogP contribution in [0.1, 0.15) is 38.9 Å². The Bertz CT molecular complexity index is 517. The Hall–Kier alpha value is -1.50. The van der Waals surface area contributed by atoms with Gasteiger partial charge in [-0.25, -0.2) is 4.79 Å². The molecule has 0 spiro atoms. The maximum Gasteiger partial charge on any atom is 0.407 e. The molecule has 1 rings (SSSR count). The van der Waals surface area contributed by atoms with Crippen molar-refractivity contribution in [3.05, 3.63) is 28.8 Å². The molecule has 124 valence electrons. The van der Waals surface area contributed by atoms with E-state index in [-0.39, 0.29) is 18.0 Å². The van der Waals surface area contributed by atoms with Gasteiger partial charge in [0.15, 0.2) is 0 Å². The van der Waals surface area contributed by atoms with E-state index in [2.05, 4.69) is 5.32 Å². The second-order valence-electron chi connectivity index (χ2n) is 6.01. The Balaban J connectivity index is 2.48. The van der Waals surface area contributed by atoms with Crippen LogP contribution in [0, 0.1) is 0 Å². The fourth-order valence-electron chi connectivity index (χ4n) is 1.78. The van der Waals surface area contributed by atoms with Gasteiger partial charge in [-0.1, -0.05) is 17.7 Å². The molecule has 0 radical (unpaired) electrons. The molecule has 2 unspecified atom stereocenters. The Labute approximate surface area is 135 Å². The number of aliphatic hydroxyl groups excluding tert-OH is 2. The molecule has 1 aromatic carbocycles. The number of nitrogens with two attached hydrogens (primary N) is 1. The smallest absolute Gasteiger partial charge is 0.407 e. The minimum atomic E-state index is -1.16. The van der Waals surface area contributed by atoms with E-state index in [0.717, 1.165) is 0 Å². The fourth-order valence-corrected chi connectivity index (χ4v) is 2.09. The summed E-state index contributed by atoms with van der Waals surface area (Å²) in [4.78, 5) is 11.5. The zero-order chi connectivity index (χ0) is 16.9. The summed E-state index contributed by atoms with van der Waals surface area (Å²) in [7, 11) is 0. The molecule has 0 aromatic heterocycles. The normalized spacial score (nSPS) is 14.3. The van der Waals surface area contributed by atoms with Gasteiger partial charge in [-0.2, -0.15) is 0 Å². The van der Waals surface area contributed by atoms with Gasteiger partial charge >= 0.3 is 6.09 Å². The lowest BCUT2D eigenvalue weighted by Gasteiger charge is -2.21. The Morgan fingerprint density at radius 1 is 1.41 bits per heavy atom. The van der Waals surface area contributed by atoms with E-state index in [0.29, 0.717) is 11.3 Å². The largest absolute Gasteiger partial charge is 0.444 e. The van der Waals surface area contributed by atoms with Crippen LogP contribution >= 0.6 is 11.6 Å². The van der Waals surface area contributed by atoms with Crippen molar-refractivity contribution in [1.82, 2.24) is 5.32 Å². The van der Waals surface area contributed by atoms with E-state index in [4.69, 9.17) is 22.1 Å². The van der Waals surface area contributed by atoms with Crippen LogP contribution < -0.4 is 11.1 Å². The quantitative estimate of drug-likeness (QED) is 0.620. The number of amides is 1. The highest BCUT2D eigenvalue weighted by Gasteiger charge is 2.21. The molecule has 1 aromatic rings. The molecule has 22 heavy (non-hydrogen) atoms. The topological polar surface area (TPSA) is 105 Å². The van der Waals surface area contributed by atoms with Crippen molar-refractivity contribution in [3.8, 4) is 0 Å². The maximum absolute atomic E-state index is 11.5. The first kappa shape index (κ1) is 18.5. The SMILES string of the molecule is CC(C)(C)OC(=O)NCCC(O)C(O)c1ccc(N)cc1Cl. The molecule has 6 nitrogen and oxygen atoms in total. The average molecular weight is 331 g/mol. The summed E-state index contributed by atoms with van der Waals surface area (Å²) in [6.07, 6.45) is -2.65. The molecule has 0 aliphatic heterocycles. The van der Waals surface area contributed by atoms with Crippen LogP contribution in [0.15, 0.2) is 18.2 Å². The predicted molar refractivity (Wildman–Crippen MR) is 85.7 cm³/mol. The highest BCUT2D eigenvalue weighted by Crippen LogP contribution is 2.28. The van der Waals surface area contributed by atoms with Crippen molar-refractivity contribution in [1.29, 1.82) is 0 Å². The molecule has 2 atom stereocenters. The molecule has 0 fully saturated rings. The van der Waals surface area contributed by atoms with Crippen LogP contribution in [0.4, 0.5) is 10.5 Å². The predicted octanol–water partition coefficient (Wildman–Crippen LogP) is 2.23. The molecule has 0 bridgehead atoms. The minimum absolute atomic E-state index is 0.154. The van der Waals surface area contributed by atoms with Gasteiger partial charge in [0.1, 0.15) is 11.7 Å². The number of carbonyl (C=O) groups excluding carboxylic acids is 1. The third kappa shape index (κ3) is 6.09. The van der Waals surface area contributed by atoms with Crippen LogP contribution in [-0.4, -0.2) is 34.6 Å². The lowest BCUT2D eigenvalue weighted by molar-refractivity contribution is 0.0123. The highest BCUT2D eigenvalue weighted by molar-refractivity contribution is 6.31. The molecule has 0 aliphatic carbocycles. The Morgan fingerprint density at radius 2 is 2.05 bits per heavy atom.